The van der Waals surface area contributed by atoms with Crippen molar-refractivity contribution >= 4 is 70.1 Å². The minimum absolute atomic E-state index is 0.0610. The van der Waals surface area contributed by atoms with Crippen molar-refractivity contribution in [2.24, 2.45) is 0 Å². The van der Waals surface area contributed by atoms with Crippen molar-refractivity contribution in [2.75, 3.05) is 59.3 Å². The molecule has 0 atom stereocenters. The van der Waals surface area contributed by atoms with Gasteiger partial charge in [0.1, 0.15) is 0 Å². The summed E-state index contributed by atoms with van der Waals surface area (Å²) in [5.41, 5.74) is 6.76. The number of anilines is 1. The lowest BCUT2D eigenvalue weighted by molar-refractivity contribution is -0.140. The molecule has 0 saturated carbocycles. The molecule has 260 valence electrons. The largest absolute Gasteiger partial charge is 0.398 e. The summed E-state index contributed by atoms with van der Waals surface area (Å²) in [7, 11) is -5.61. The van der Waals surface area contributed by atoms with Crippen LogP contribution < -0.4 is 5.73 Å². The summed E-state index contributed by atoms with van der Waals surface area (Å²) in [5, 5.41) is 2.90. The van der Waals surface area contributed by atoms with Gasteiger partial charge in [-0.05, 0) is 45.2 Å². The van der Waals surface area contributed by atoms with Crippen molar-refractivity contribution in [3.63, 3.8) is 0 Å². The molecule has 4 rings (SSSR count). The highest BCUT2D eigenvalue weighted by Crippen LogP contribution is 2.45. The predicted octanol–water partition coefficient (Wildman–Crippen LogP) is 5.55. The van der Waals surface area contributed by atoms with Gasteiger partial charge in [0.25, 0.3) is 0 Å². The second kappa shape index (κ2) is 15.9. The highest BCUT2D eigenvalue weighted by Gasteiger charge is 2.32. The SMILES string of the molecule is CCOC(CCN(C)S(=O)(=O)c1cc(S(=O)(=O)N(C)CCC(OCC)OCC)c2ccc3c(SO)cc(N)c4ccc1c2c43)OCC. The fourth-order valence-corrected chi connectivity index (χ4v) is 9.06. The summed E-state index contributed by atoms with van der Waals surface area (Å²) >= 11 is 0.519. The maximum Gasteiger partial charge on any atom is 0.243 e. The molecule has 0 aliphatic heterocycles. The average Bonchev–Trinajstić information content (AvgIpc) is 3.05. The van der Waals surface area contributed by atoms with Crippen LogP contribution in [-0.4, -0.2) is 96.2 Å². The number of nitrogens with two attached hydrogens (primary N) is 1. The normalized spacial score (nSPS) is 13.2. The quantitative estimate of drug-likeness (QED) is 0.0544. The molecule has 0 aromatic heterocycles. The van der Waals surface area contributed by atoms with E-state index in [1.165, 1.54) is 28.8 Å². The lowest BCUT2D eigenvalue weighted by Gasteiger charge is -2.25. The number of rotatable bonds is 19. The Morgan fingerprint density at radius 3 is 1.47 bits per heavy atom. The van der Waals surface area contributed by atoms with Gasteiger partial charge < -0.3 is 29.2 Å². The van der Waals surface area contributed by atoms with Gasteiger partial charge in [0.2, 0.25) is 20.0 Å². The Balaban J connectivity index is 1.94. The van der Waals surface area contributed by atoms with E-state index in [0.717, 1.165) is 0 Å². The van der Waals surface area contributed by atoms with Crippen LogP contribution in [0.25, 0.3) is 32.3 Å². The fourth-order valence-electron chi connectivity index (χ4n) is 5.75. The monoisotopic (exact) mass is 711 g/mol. The maximum absolute atomic E-state index is 14.3. The van der Waals surface area contributed by atoms with Crippen LogP contribution in [0.5, 0.6) is 0 Å². The van der Waals surface area contributed by atoms with Gasteiger partial charge in [-0.3, -0.25) is 0 Å². The van der Waals surface area contributed by atoms with Gasteiger partial charge in [-0.25, -0.2) is 25.4 Å². The van der Waals surface area contributed by atoms with Gasteiger partial charge >= 0.3 is 0 Å². The summed E-state index contributed by atoms with van der Waals surface area (Å²) in [4.78, 5) is 0.132. The number of hydrogen-bond acceptors (Lipinski definition) is 11. The zero-order chi connectivity index (χ0) is 34.5. The van der Waals surface area contributed by atoms with E-state index >= 15 is 0 Å². The molecular weight excluding hydrogens is 667 g/mol. The van der Waals surface area contributed by atoms with E-state index < -0.39 is 32.6 Å². The third-order valence-corrected chi connectivity index (χ3v) is 12.4. The number of nitrogen functional groups attached to an aromatic ring is 1. The molecule has 0 aliphatic carbocycles. The fraction of sp³-hybridized carbons (Fsp3) is 0.500. The first-order chi connectivity index (χ1) is 22.4. The number of sulfonamides is 2. The van der Waals surface area contributed by atoms with Crippen LogP contribution in [0.4, 0.5) is 5.69 Å². The Morgan fingerprint density at radius 2 is 1.06 bits per heavy atom. The molecule has 47 heavy (non-hydrogen) atoms. The molecule has 0 spiro atoms. The molecule has 0 fully saturated rings. The topological polar surface area (TPSA) is 158 Å². The molecule has 15 heteroatoms. The molecule has 4 aromatic carbocycles. The first-order valence-electron chi connectivity index (χ1n) is 15.6. The molecule has 12 nitrogen and oxygen atoms in total. The summed E-state index contributed by atoms with van der Waals surface area (Å²) in [6.07, 6.45) is -0.650. The van der Waals surface area contributed by atoms with Crippen molar-refractivity contribution < 1.29 is 40.3 Å². The molecular formula is C32H45N3O9S3. The zero-order valence-electron chi connectivity index (χ0n) is 27.7. The van der Waals surface area contributed by atoms with E-state index in [2.05, 4.69) is 0 Å². The van der Waals surface area contributed by atoms with E-state index in [1.54, 1.807) is 30.3 Å². The zero-order valence-corrected chi connectivity index (χ0v) is 30.1. The first kappa shape index (κ1) is 37.5. The Hall–Kier alpha value is -2.31. The molecule has 0 saturated heterocycles. The van der Waals surface area contributed by atoms with Crippen molar-refractivity contribution in [3.8, 4) is 0 Å². The van der Waals surface area contributed by atoms with Crippen LogP contribution in [0, 0.1) is 0 Å². The van der Waals surface area contributed by atoms with Crippen LogP contribution >= 0.6 is 12.0 Å². The van der Waals surface area contributed by atoms with Gasteiger partial charge in [0, 0.05) is 116 Å². The second-order valence-corrected chi connectivity index (χ2v) is 15.6. The highest BCUT2D eigenvalue weighted by molar-refractivity contribution is 7.94. The van der Waals surface area contributed by atoms with Gasteiger partial charge in [-0.15, -0.1) is 0 Å². The second-order valence-electron chi connectivity index (χ2n) is 10.9. The van der Waals surface area contributed by atoms with Crippen LogP contribution in [0.15, 0.2) is 51.1 Å². The number of benzene rings is 4. The Kier molecular flexibility index (Phi) is 12.7. The number of nitrogens with zero attached hydrogens (tertiary/aromatic N) is 2. The van der Waals surface area contributed by atoms with Crippen LogP contribution in [-0.2, 0) is 39.0 Å². The van der Waals surface area contributed by atoms with E-state index in [9.17, 15) is 21.4 Å². The molecule has 3 N–H and O–H groups in total. The number of ether oxygens (including phenoxy) is 4. The Morgan fingerprint density at radius 1 is 0.681 bits per heavy atom. The Bertz CT molecular complexity index is 1800. The smallest absolute Gasteiger partial charge is 0.243 e. The minimum atomic E-state index is -4.25. The molecule has 0 heterocycles. The van der Waals surface area contributed by atoms with E-state index in [-0.39, 0.29) is 35.7 Å². The van der Waals surface area contributed by atoms with Crippen molar-refractivity contribution in [1.82, 2.24) is 8.61 Å². The maximum atomic E-state index is 14.3. The molecule has 0 radical (unpaired) electrons. The van der Waals surface area contributed by atoms with Crippen molar-refractivity contribution in [1.29, 1.82) is 0 Å². The Labute approximate surface area is 281 Å². The molecule has 0 unspecified atom stereocenters. The van der Waals surface area contributed by atoms with Crippen molar-refractivity contribution in [3.05, 3.63) is 36.4 Å². The minimum Gasteiger partial charge on any atom is -0.398 e. The summed E-state index contributed by atoms with van der Waals surface area (Å²) in [5.74, 6) is 0. The predicted molar refractivity (Wildman–Crippen MR) is 186 cm³/mol. The molecule has 4 aromatic rings. The third-order valence-electron chi connectivity index (χ3n) is 8.06. The summed E-state index contributed by atoms with van der Waals surface area (Å²) in [6.45, 7) is 9.05. The first-order valence-corrected chi connectivity index (χ1v) is 19.3. The molecule has 0 amide bonds. The molecule has 0 aliphatic rings. The third kappa shape index (κ3) is 7.64. The van der Waals surface area contributed by atoms with Crippen LogP contribution in [0.3, 0.4) is 0 Å². The van der Waals surface area contributed by atoms with Crippen LogP contribution in [0.2, 0.25) is 0 Å². The van der Waals surface area contributed by atoms with Gasteiger partial charge in [0.15, 0.2) is 12.6 Å². The van der Waals surface area contributed by atoms with E-state index in [1.807, 2.05) is 27.7 Å². The number of hydrogen-bond donors (Lipinski definition) is 2. The van der Waals surface area contributed by atoms with Gasteiger partial charge in [0.05, 0.1) is 9.79 Å². The van der Waals surface area contributed by atoms with Crippen LogP contribution in [0.1, 0.15) is 40.5 Å². The summed E-state index contributed by atoms with van der Waals surface area (Å²) < 4.78 is 92.2. The van der Waals surface area contributed by atoms with E-state index in [0.29, 0.717) is 81.4 Å². The van der Waals surface area contributed by atoms with Gasteiger partial charge in [-0.1, -0.05) is 24.3 Å². The summed E-state index contributed by atoms with van der Waals surface area (Å²) in [6, 6.07) is 9.65. The standard InChI is InChI=1S/C32H45N3O9S3/c1-7-41-29(42-8-2)15-17-34(5)46(37,38)27-20-28(47(39,40)35(6)18-16-30(43-9-3)44-10-4)24-14-12-22-26(45-36)19-25(33)21-11-13-23(27)32(24)31(21)22/h11-14,19-20,29-30,36H,7-10,15-18,33H2,1-6H3. The lowest BCUT2D eigenvalue weighted by atomic mass is 9.93. The van der Waals surface area contributed by atoms with Crippen molar-refractivity contribution in [2.45, 2.75) is 67.8 Å². The molecule has 0 bridgehead atoms. The van der Waals surface area contributed by atoms with E-state index in [4.69, 9.17) is 24.7 Å². The average molecular weight is 712 g/mol. The van der Waals surface area contributed by atoms with Gasteiger partial charge in [-0.2, -0.15) is 0 Å². The highest BCUT2D eigenvalue weighted by atomic mass is 32.2. The lowest BCUT2D eigenvalue weighted by Crippen LogP contribution is -2.33.